The summed E-state index contributed by atoms with van der Waals surface area (Å²) in [6, 6.07) is 5.93. The Labute approximate surface area is 176 Å². The molecular formula is C20H22BrN3O5. The molecule has 0 fully saturated rings. The van der Waals surface area contributed by atoms with Crippen LogP contribution in [0.1, 0.15) is 35.5 Å². The maximum Gasteiger partial charge on any atom is 0.257 e. The fourth-order valence-electron chi connectivity index (χ4n) is 2.61. The highest BCUT2D eigenvalue weighted by Crippen LogP contribution is 2.30. The minimum Gasteiger partial charge on any atom is -0.505 e. The molecule has 1 aromatic carbocycles. The van der Waals surface area contributed by atoms with Crippen molar-refractivity contribution >= 4 is 40.1 Å². The molecule has 1 amide bonds. The van der Waals surface area contributed by atoms with Gasteiger partial charge in [-0.15, -0.1) is 0 Å². The summed E-state index contributed by atoms with van der Waals surface area (Å²) in [5.41, 5.74) is 0.0874. The van der Waals surface area contributed by atoms with Gasteiger partial charge in [0.25, 0.3) is 5.91 Å². The topological polar surface area (TPSA) is 112 Å². The van der Waals surface area contributed by atoms with Crippen LogP contribution in [0.25, 0.3) is 0 Å². The van der Waals surface area contributed by atoms with Crippen LogP contribution in [-0.4, -0.2) is 42.6 Å². The number of aldehydes is 2. The second-order valence-electron chi connectivity index (χ2n) is 6.36. The van der Waals surface area contributed by atoms with Gasteiger partial charge < -0.3 is 25.1 Å². The summed E-state index contributed by atoms with van der Waals surface area (Å²) in [4.78, 5) is 36.8. The van der Waals surface area contributed by atoms with E-state index in [1.54, 1.807) is 26.2 Å². The highest BCUT2D eigenvalue weighted by atomic mass is 79.9. The third kappa shape index (κ3) is 5.26. The number of nitrogens with zero attached hydrogens (tertiary/aromatic N) is 1. The first kappa shape index (κ1) is 22.2. The molecule has 1 atom stereocenters. The van der Waals surface area contributed by atoms with Crippen molar-refractivity contribution in [3.8, 4) is 5.75 Å². The number of carbonyl (C=O) groups is 3. The second kappa shape index (κ2) is 9.92. The molecule has 1 unspecified atom stereocenters. The van der Waals surface area contributed by atoms with Crippen LogP contribution in [0.5, 0.6) is 5.75 Å². The Hall–Kier alpha value is -3.07. The molecular weight excluding hydrogens is 442 g/mol. The maximum atomic E-state index is 12.2. The van der Waals surface area contributed by atoms with Gasteiger partial charge >= 0.3 is 0 Å². The van der Waals surface area contributed by atoms with E-state index in [9.17, 15) is 19.5 Å². The Bertz CT molecular complexity index is 936. The molecule has 9 heteroatoms. The lowest BCUT2D eigenvalue weighted by Gasteiger charge is -2.19. The van der Waals surface area contributed by atoms with Crippen LogP contribution in [0.2, 0.25) is 0 Å². The van der Waals surface area contributed by atoms with Gasteiger partial charge in [-0.2, -0.15) is 0 Å². The van der Waals surface area contributed by atoms with Crippen molar-refractivity contribution < 1.29 is 23.9 Å². The molecule has 0 saturated heterocycles. The van der Waals surface area contributed by atoms with Crippen LogP contribution >= 0.6 is 15.9 Å². The number of nitrogens with one attached hydrogen (secondary N) is 2. The molecule has 0 saturated carbocycles. The summed E-state index contributed by atoms with van der Waals surface area (Å²) in [6.07, 6.45) is 3.07. The average molecular weight is 464 g/mol. The maximum absolute atomic E-state index is 12.2. The molecule has 29 heavy (non-hydrogen) atoms. The third-order valence-corrected chi connectivity index (χ3v) is 4.55. The first-order valence-corrected chi connectivity index (χ1v) is 9.57. The fraction of sp³-hybridized carbons (Fsp3) is 0.250. The van der Waals surface area contributed by atoms with Crippen molar-refractivity contribution in [3.63, 3.8) is 0 Å². The highest BCUT2D eigenvalue weighted by Gasteiger charge is 2.19. The zero-order valence-electron chi connectivity index (χ0n) is 16.2. The molecule has 0 aliphatic rings. The van der Waals surface area contributed by atoms with Gasteiger partial charge in [0.2, 0.25) is 0 Å². The highest BCUT2D eigenvalue weighted by molar-refractivity contribution is 9.10. The van der Waals surface area contributed by atoms with Crippen molar-refractivity contribution in [1.82, 2.24) is 10.2 Å². The number of halogens is 1. The number of aromatic hydroxyl groups is 1. The normalized spacial score (nSPS) is 12.6. The molecule has 0 spiro atoms. The van der Waals surface area contributed by atoms with Crippen LogP contribution in [0, 0.1) is 0 Å². The molecule has 3 N–H and O–H groups in total. The minimum absolute atomic E-state index is 0.0110. The monoisotopic (exact) mass is 463 g/mol. The van der Waals surface area contributed by atoms with Crippen LogP contribution in [-0.2, 0) is 9.59 Å². The number of hydrogen-bond donors (Lipinski definition) is 3. The predicted molar refractivity (Wildman–Crippen MR) is 111 cm³/mol. The number of rotatable bonds is 9. The molecule has 0 bridgehead atoms. The number of anilines is 1. The summed E-state index contributed by atoms with van der Waals surface area (Å²) >= 11 is 3.31. The number of benzene rings is 1. The fourth-order valence-corrected chi connectivity index (χ4v) is 2.93. The number of furan rings is 1. The first-order chi connectivity index (χ1) is 13.8. The molecule has 8 nitrogen and oxygen atoms in total. The van der Waals surface area contributed by atoms with Crippen molar-refractivity contribution in [3.05, 3.63) is 57.7 Å². The van der Waals surface area contributed by atoms with Gasteiger partial charge in [0.15, 0.2) is 18.3 Å². The summed E-state index contributed by atoms with van der Waals surface area (Å²) < 4.78 is 6.19. The Morgan fingerprint density at radius 2 is 1.97 bits per heavy atom. The molecule has 154 valence electrons. The lowest BCUT2D eigenvalue weighted by atomic mass is 10.1. The van der Waals surface area contributed by atoms with Gasteiger partial charge in [-0.05, 0) is 40.5 Å². The molecule has 2 rings (SSSR count). The first-order valence-electron chi connectivity index (χ1n) is 8.78. The number of phenols is 1. The smallest absolute Gasteiger partial charge is 0.257 e. The number of amides is 1. The van der Waals surface area contributed by atoms with Crippen LogP contribution < -0.4 is 10.6 Å². The summed E-state index contributed by atoms with van der Waals surface area (Å²) in [6.45, 7) is 1.90. The summed E-state index contributed by atoms with van der Waals surface area (Å²) in [5, 5.41) is 16.1. The molecule has 2 aromatic rings. The van der Waals surface area contributed by atoms with Gasteiger partial charge in [0, 0.05) is 14.1 Å². The second-order valence-corrected chi connectivity index (χ2v) is 7.28. The minimum atomic E-state index is -0.397. The number of para-hydroxylation sites is 1. The van der Waals surface area contributed by atoms with Gasteiger partial charge in [0.1, 0.15) is 23.4 Å². The van der Waals surface area contributed by atoms with E-state index in [0.29, 0.717) is 24.8 Å². The van der Waals surface area contributed by atoms with Crippen LogP contribution in [0.4, 0.5) is 5.69 Å². The predicted octanol–water partition coefficient (Wildman–Crippen LogP) is 3.21. The number of hydrogen-bond acceptors (Lipinski definition) is 7. The quantitative estimate of drug-likeness (QED) is 0.297. The van der Waals surface area contributed by atoms with E-state index in [0.717, 1.165) is 4.47 Å². The van der Waals surface area contributed by atoms with E-state index >= 15 is 0 Å². The SMILES string of the molecule is CCC(N/C(C=O)=C(/C=O)Nc1cccc(C(=O)N(C)C)c1O)c1cc(Br)co1. The van der Waals surface area contributed by atoms with Crippen LogP contribution in [0.3, 0.4) is 0 Å². The van der Waals surface area contributed by atoms with Gasteiger partial charge in [0.05, 0.1) is 21.8 Å². The van der Waals surface area contributed by atoms with Gasteiger partial charge in [-0.25, -0.2) is 0 Å². The zero-order chi connectivity index (χ0) is 21.6. The van der Waals surface area contributed by atoms with Crippen molar-refractivity contribution in [2.24, 2.45) is 0 Å². The Morgan fingerprint density at radius 3 is 2.48 bits per heavy atom. The number of phenolic OH excluding ortho intramolecular Hbond substituents is 1. The Kier molecular flexibility index (Phi) is 7.60. The van der Waals surface area contributed by atoms with Crippen molar-refractivity contribution in [2.45, 2.75) is 19.4 Å². The van der Waals surface area contributed by atoms with Crippen LogP contribution in [0.15, 0.2) is 50.8 Å². The largest absolute Gasteiger partial charge is 0.505 e. The summed E-state index contributed by atoms with van der Waals surface area (Å²) in [7, 11) is 3.12. The number of carbonyl (C=O) groups excluding carboxylic acids is 3. The molecule has 0 aliphatic carbocycles. The standard InChI is InChI=1S/C20H22BrN3O5/c1-4-14(18-8-12(21)11-29-18)22-16(9-25)17(10-26)23-15-7-5-6-13(19(15)27)20(28)24(2)3/h5-11,14,22-23,27H,4H2,1-3H3/b17-16-. The van der Waals surface area contributed by atoms with E-state index in [2.05, 4.69) is 26.6 Å². The van der Waals surface area contributed by atoms with Crippen molar-refractivity contribution in [2.75, 3.05) is 19.4 Å². The molecule has 0 aliphatic heterocycles. The van der Waals surface area contributed by atoms with E-state index in [1.807, 2.05) is 6.92 Å². The number of allylic oxidation sites excluding steroid dienone is 2. The summed E-state index contributed by atoms with van der Waals surface area (Å²) in [5.74, 6) is -0.130. The third-order valence-electron chi connectivity index (χ3n) is 4.14. The van der Waals surface area contributed by atoms with E-state index < -0.39 is 5.91 Å². The Balaban J connectivity index is 2.36. The van der Waals surface area contributed by atoms with Gasteiger partial charge in [-0.3, -0.25) is 14.4 Å². The Morgan fingerprint density at radius 1 is 1.28 bits per heavy atom. The molecule has 0 radical (unpaired) electrons. The van der Waals surface area contributed by atoms with E-state index in [4.69, 9.17) is 4.42 Å². The van der Waals surface area contributed by atoms with E-state index in [-0.39, 0.29) is 34.4 Å². The zero-order valence-corrected chi connectivity index (χ0v) is 17.8. The average Bonchev–Trinajstić information content (AvgIpc) is 3.14. The molecule has 1 heterocycles. The van der Waals surface area contributed by atoms with Gasteiger partial charge in [-0.1, -0.05) is 13.0 Å². The lowest BCUT2D eigenvalue weighted by Crippen LogP contribution is -2.25. The van der Waals surface area contributed by atoms with Crippen molar-refractivity contribution in [1.29, 1.82) is 0 Å². The lowest BCUT2D eigenvalue weighted by molar-refractivity contribution is -0.107. The molecule has 1 aromatic heterocycles. The van der Waals surface area contributed by atoms with E-state index in [1.165, 1.54) is 23.3 Å².